The van der Waals surface area contributed by atoms with Gasteiger partial charge in [0.15, 0.2) is 23.0 Å². The average molecular weight is 224 g/mol. The number of carbonyl (C=O) groups is 2. The van der Waals surface area contributed by atoms with Crippen molar-refractivity contribution in [2.75, 3.05) is 25.6 Å². The Morgan fingerprint density at radius 3 is 1.50 bits per heavy atom. The van der Waals surface area contributed by atoms with Crippen LogP contribution in [-0.4, -0.2) is 35.9 Å². The van der Waals surface area contributed by atoms with E-state index in [2.05, 4.69) is 20.6 Å². The Labute approximate surface area is 91.4 Å². The third-order valence-corrected chi connectivity index (χ3v) is 1.83. The largest absolute Gasteiger partial charge is 0.382 e. The van der Waals surface area contributed by atoms with Gasteiger partial charge in [-0.15, -0.1) is 0 Å². The molecule has 1 aromatic heterocycles. The highest BCUT2D eigenvalue weighted by Gasteiger charge is 2.18. The van der Waals surface area contributed by atoms with Gasteiger partial charge in [0.2, 0.25) is 0 Å². The zero-order chi connectivity index (χ0) is 12.3. The van der Waals surface area contributed by atoms with E-state index in [0.717, 1.165) is 0 Å². The Balaban J connectivity index is 3.27. The van der Waals surface area contributed by atoms with E-state index >= 15 is 0 Å². The van der Waals surface area contributed by atoms with Crippen LogP contribution in [0.25, 0.3) is 0 Å². The maximum Gasteiger partial charge on any atom is 0.273 e. The van der Waals surface area contributed by atoms with Crippen LogP contribution in [0.3, 0.4) is 0 Å². The maximum atomic E-state index is 11.3. The number of rotatable bonds is 2. The lowest BCUT2D eigenvalue weighted by Gasteiger charge is -2.07. The lowest BCUT2D eigenvalue weighted by atomic mass is 10.3. The molecule has 0 aromatic carbocycles. The molecule has 0 aliphatic heterocycles. The van der Waals surface area contributed by atoms with E-state index in [1.165, 1.54) is 14.1 Å². The number of aromatic nitrogens is 2. The second-order valence-corrected chi connectivity index (χ2v) is 2.85. The van der Waals surface area contributed by atoms with Crippen molar-refractivity contribution in [2.24, 2.45) is 0 Å². The lowest BCUT2D eigenvalue weighted by molar-refractivity contribution is 0.0945. The second-order valence-electron chi connectivity index (χ2n) is 2.85. The standard InChI is InChI=1S/C8H12N6O2/c1-11-7(15)3-5(9)14-4(6(10)13-3)8(16)12-2/h1-2H3,(H2,10,13)(H2,9,14)(H,11,15)(H,12,16). The van der Waals surface area contributed by atoms with Crippen molar-refractivity contribution in [3.05, 3.63) is 11.4 Å². The SMILES string of the molecule is CNC(=O)c1nc(N)c(C(=O)NC)nc1N. The van der Waals surface area contributed by atoms with E-state index in [-0.39, 0.29) is 23.0 Å². The minimum atomic E-state index is -0.514. The van der Waals surface area contributed by atoms with E-state index in [4.69, 9.17) is 11.5 Å². The van der Waals surface area contributed by atoms with E-state index in [9.17, 15) is 9.59 Å². The predicted octanol–water partition coefficient (Wildman–Crippen LogP) is -1.64. The molecule has 8 heteroatoms. The van der Waals surface area contributed by atoms with Gasteiger partial charge in [0.1, 0.15) is 0 Å². The number of nitrogens with zero attached hydrogens (tertiary/aromatic N) is 2. The summed E-state index contributed by atoms with van der Waals surface area (Å²) in [5.74, 6) is -1.32. The Hall–Kier alpha value is -2.38. The number of nitrogens with two attached hydrogens (primary N) is 2. The van der Waals surface area contributed by atoms with Crippen LogP contribution < -0.4 is 22.1 Å². The number of amides is 2. The van der Waals surface area contributed by atoms with E-state index in [0.29, 0.717) is 0 Å². The van der Waals surface area contributed by atoms with Gasteiger partial charge in [0.25, 0.3) is 11.8 Å². The first-order valence-corrected chi connectivity index (χ1v) is 4.38. The molecule has 0 unspecified atom stereocenters. The van der Waals surface area contributed by atoms with Gasteiger partial charge in [-0.25, -0.2) is 9.97 Å². The van der Waals surface area contributed by atoms with Crippen molar-refractivity contribution in [2.45, 2.75) is 0 Å². The maximum absolute atomic E-state index is 11.3. The van der Waals surface area contributed by atoms with Gasteiger partial charge in [-0.3, -0.25) is 9.59 Å². The molecule has 0 bridgehead atoms. The third-order valence-electron chi connectivity index (χ3n) is 1.83. The molecule has 0 atom stereocenters. The lowest BCUT2D eigenvalue weighted by Crippen LogP contribution is -2.26. The van der Waals surface area contributed by atoms with Gasteiger partial charge in [0.05, 0.1) is 0 Å². The summed E-state index contributed by atoms with van der Waals surface area (Å²) < 4.78 is 0. The molecule has 2 amide bonds. The number of anilines is 2. The van der Waals surface area contributed by atoms with Gasteiger partial charge in [-0.1, -0.05) is 0 Å². The van der Waals surface area contributed by atoms with Crippen molar-refractivity contribution < 1.29 is 9.59 Å². The van der Waals surface area contributed by atoms with Crippen molar-refractivity contribution in [3.63, 3.8) is 0 Å². The Morgan fingerprint density at radius 1 is 0.938 bits per heavy atom. The van der Waals surface area contributed by atoms with Crippen LogP contribution in [0.15, 0.2) is 0 Å². The van der Waals surface area contributed by atoms with Gasteiger partial charge < -0.3 is 22.1 Å². The molecule has 0 spiro atoms. The number of hydrogen-bond acceptors (Lipinski definition) is 6. The summed E-state index contributed by atoms with van der Waals surface area (Å²) in [5.41, 5.74) is 10.8. The smallest absolute Gasteiger partial charge is 0.273 e. The normalized spacial score (nSPS) is 9.62. The number of nitrogens with one attached hydrogen (secondary N) is 2. The average Bonchev–Trinajstić information content (AvgIpc) is 2.29. The van der Waals surface area contributed by atoms with Gasteiger partial charge in [0, 0.05) is 14.1 Å². The fourth-order valence-electron chi connectivity index (χ4n) is 1.03. The Kier molecular flexibility index (Phi) is 3.24. The number of hydrogen-bond donors (Lipinski definition) is 4. The third kappa shape index (κ3) is 2.00. The van der Waals surface area contributed by atoms with Gasteiger partial charge in [-0.2, -0.15) is 0 Å². The summed E-state index contributed by atoms with van der Waals surface area (Å²) in [7, 11) is 2.85. The summed E-state index contributed by atoms with van der Waals surface area (Å²) in [6, 6.07) is 0. The second kappa shape index (κ2) is 4.43. The molecule has 0 saturated heterocycles. The monoisotopic (exact) mass is 224 g/mol. The molecule has 0 saturated carbocycles. The summed E-state index contributed by atoms with van der Waals surface area (Å²) in [6.45, 7) is 0. The Morgan fingerprint density at radius 2 is 1.25 bits per heavy atom. The van der Waals surface area contributed by atoms with Crippen molar-refractivity contribution >= 4 is 23.5 Å². The topological polar surface area (TPSA) is 136 Å². The van der Waals surface area contributed by atoms with Gasteiger partial charge >= 0.3 is 0 Å². The number of nitrogen functional groups attached to an aromatic ring is 2. The first-order valence-electron chi connectivity index (χ1n) is 4.38. The van der Waals surface area contributed by atoms with Crippen LogP contribution in [0.4, 0.5) is 11.6 Å². The Bertz CT molecular complexity index is 403. The molecule has 1 aromatic rings. The molecule has 0 radical (unpaired) electrons. The van der Waals surface area contributed by atoms with Crippen LogP contribution in [0.2, 0.25) is 0 Å². The molecule has 1 rings (SSSR count). The fraction of sp³-hybridized carbons (Fsp3) is 0.250. The van der Waals surface area contributed by atoms with Crippen molar-refractivity contribution in [3.8, 4) is 0 Å². The first kappa shape index (κ1) is 11.7. The van der Waals surface area contributed by atoms with Gasteiger partial charge in [-0.05, 0) is 0 Å². The van der Waals surface area contributed by atoms with E-state index in [1.807, 2.05) is 0 Å². The van der Waals surface area contributed by atoms with Crippen molar-refractivity contribution in [1.82, 2.24) is 20.6 Å². The molecular formula is C8H12N6O2. The minimum Gasteiger partial charge on any atom is -0.382 e. The molecule has 16 heavy (non-hydrogen) atoms. The molecule has 0 aliphatic rings. The van der Waals surface area contributed by atoms with Crippen LogP contribution in [-0.2, 0) is 0 Å². The molecule has 0 fully saturated rings. The van der Waals surface area contributed by atoms with E-state index in [1.54, 1.807) is 0 Å². The quantitative estimate of drug-likeness (QED) is 0.475. The summed E-state index contributed by atoms with van der Waals surface area (Å²) in [6.07, 6.45) is 0. The minimum absolute atomic E-state index is 0.104. The molecule has 86 valence electrons. The van der Waals surface area contributed by atoms with Crippen LogP contribution in [0, 0.1) is 0 Å². The predicted molar refractivity (Wildman–Crippen MR) is 57.6 cm³/mol. The molecule has 0 aliphatic carbocycles. The van der Waals surface area contributed by atoms with Crippen molar-refractivity contribution in [1.29, 1.82) is 0 Å². The zero-order valence-corrected chi connectivity index (χ0v) is 8.87. The van der Waals surface area contributed by atoms with Crippen LogP contribution >= 0.6 is 0 Å². The highest BCUT2D eigenvalue weighted by Crippen LogP contribution is 2.12. The zero-order valence-electron chi connectivity index (χ0n) is 8.87. The summed E-state index contributed by atoms with van der Waals surface area (Å²) in [4.78, 5) is 30.0. The highest BCUT2D eigenvalue weighted by atomic mass is 16.2. The molecular weight excluding hydrogens is 212 g/mol. The van der Waals surface area contributed by atoms with Crippen LogP contribution in [0.5, 0.6) is 0 Å². The van der Waals surface area contributed by atoms with Crippen LogP contribution in [0.1, 0.15) is 21.0 Å². The molecule has 1 heterocycles. The molecule has 8 nitrogen and oxygen atoms in total. The number of carbonyl (C=O) groups excluding carboxylic acids is 2. The fourth-order valence-corrected chi connectivity index (χ4v) is 1.03. The van der Waals surface area contributed by atoms with E-state index < -0.39 is 11.8 Å². The first-order chi connectivity index (χ1) is 7.51. The summed E-state index contributed by atoms with van der Waals surface area (Å²) >= 11 is 0. The molecule has 6 N–H and O–H groups in total. The highest BCUT2D eigenvalue weighted by molar-refractivity contribution is 6.00. The summed E-state index contributed by atoms with van der Waals surface area (Å²) in [5, 5.41) is 4.67.